The van der Waals surface area contributed by atoms with Crippen molar-refractivity contribution in [3.63, 3.8) is 0 Å². The summed E-state index contributed by atoms with van der Waals surface area (Å²) in [6.07, 6.45) is 0. The van der Waals surface area contributed by atoms with E-state index in [0.29, 0.717) is 5.82 Å². The molecule has 0 bridgehead atoms. The second kappa shape index (κ2) is 3.59. The van der Waals surface area contributed by atoms with Crippen LogP contribution in [0.25, 0.3) is 11.4 Å². The Bertz CT molecular complexity index is 527. The number of rotatable bonds is 1. The number of imidazole rings is 1. The van der Waals surface area contributed by atoms with E-state index in [1.807, 2.05) is 6.92 Å². The minimum Gasteiger partial charge on any atom is -0.396 e. The number of anilines is 1. The Morgan fingerprint density at radius 1 is 1.25 bits per heavy atom. The largest absolute Gasteiger partial charge is 0.396 e. The molecule has 2 aromatic rings. The van der Waals surface area contributed by atoms with Crippen LogP contribution in [0.15, 0.2) is 12.1 Å². The van der Waals surface area contributed by atoms with E-state index in [1.165, 1.54) is 0 Å². The maximum Gasteiger partial charge on any atom is 0.157 e. The summed E-state index contributed by atoms with van der Waals surface area (Å²) in [4.78, 5) is 6.99. The van der Waals surface area contributed by atoms with Gasteiger partial charge >= 0.3 is 0 Å². The van der Waals surface area contributed by atoms with E-state index in [4.69, 9.17) is 5.73 Å². The van der Waals surface area contributed by atoms with Crippen molar-refractivity contribution in [3.05, 3.63) is 35.2 Å². The third-order valence-electron chi connectivity index (χ3n) is 2.45. The number of nitrogen functional groups attached to an aromatic ring is 1. The van der Waals surface area contributed by atoms with Crippen molar-refractivity contribution in [3.8, 4) is 11.4 Å². The number of halogens is 2. The van der Waals surface area contributed by atoms with Gasteiger partial charge in [0.05, 0.1) is 16.9 Å². The molecule has 2 rings (SSSR count). The number of H-pyrrole nitrogens is 1. The first-order chi connectivity index (χ1) is 7.49. The molecular formula is C11H11F2N3. The molecule has 0 spiro atoms. The van der Waals surface area contributed by atoms with Crippen LogP contribution in [0.1, 0.15) is 11.4 Å². The number of benzene rings is 1. The van der Waals surface area contributed by atoms with Gasteiger partial charge in [-0.2, -0.15) is 0 Å². The maximum absolute atomic E-state index is 13.7. The highest BCUT2D eigenvalue weighted by Gasteiger charge is 2.14. The standard InChI is InChI=1S/C11H11F2N3/c1-5-6(2)16-11(15-5)8-3-7(12)4-9(14)10(8)13/h3-4H,14H2,1-2H3,(H,15,16). The lowest BCUT2D eigenvalue weighted by Gasteiger charge is -2.03. The predicted octanol–water partition coefficient (Wildman–Crippen LogP) is 2.55. The third-order valence-corrected chi connectivity index (χ3v) is 2.45. The molecule has 0 amide bonds. The van der Waals surface area contributed by atoms with Gasteiger partial charge in [0, 0.05) is 5.69 Å². The minimum absolute atomic E-state index is 0.0497. The van der Waals surface area contributed by atoms with Crippen LogP contribution in [-0.2, 0) is 0 Å². The molecule has 0 aliphatic carbocycles. The van der Waals surface area contributed by atoms with Gasteiger partial charge in [-0.15, -0.1) is 0 Å². The minimum atomic E-state index is -0.657. The first-order valence-corrected chi connectivity index (χ1v) is 4.77. The van der Waals surface area contributed by atoms with Crippen molar-refractivity contribution in [2.24, 2.45) is 0 Å². The van der Waals surface area contributed by atoms with Crippen molar-refractivity contribution in [1.29, 1.82) is 0 Å². The fourth-order valence-corrected chi connectivity index (χ4v) is 1.46. The fraction of sp³-hybridized carbons (Fsp3) is 0.182. The lowest BCUT2D eigenvalue weighted by atomic mass is 10.1. The van der Waals surface area contributed by atoms with Gasteiger partial charge in [-0.3, -0.25) is 0 Å². The summed E-state index contributed by atoms with van der Waals surface area (Å²) in [7, 11) is 0. The molecule has 84 valence electrons. The average Bonchev–Trinajstić information content (AvgIpc) is 2.53. The summed E-state index contributed by atoms with van der Waals surface area (Å²) in [6.45, 7) is 3.60. The van der Waals surface area contributed by atoms with Gasteiger partial charge in [0.1, 0.15) is 11.6 Å². The van der Waals surface area contributed by atoms with E-state index >= 15 is 0 Å². The van der Waals surface area contributed by atoms with Crippen molar-refractivity contribution < 1.29 is 8.78 Å². The Morgan fingerprint density at radius 2 is 1.94 bits per heavy atom. The molecular weight excluding hydrogens is 212 g/mol. The van der Waals surface area contributed by atoms with Gasteiger partial charge in [0.25, 0.3) is 0 Å². The zero-order valence-electron chi connectivity index (χ0n) is 8.94. The van der Waals surface area contributed by atoms with E-state index < -0.39 is 11.6 Å². The molecule has 0 aliphatic rings. The van der Waals surface area contributed by atoms with Crippen molar-refractivity contribution in [2.75, 3.05) is 5.73 Å². The van der Waals surface area contributed by atoms with Crippen LogP contribution in [0.2, 0.25) is 0 Å². The molecule has 5 heteroatoms. The topological polar surface area (TPSA) is 54.7 Å². The monoisotopic (exact) mass is 223 g/mol. The molecule has 0 saturated carbocycles. The third kappa shape index (κ3) is 1.64. The highest BCUT2D eigenvalue weighted by atomic mass is 19.1. The van der Waals surface area contributed by atoms with Gasteiger partial charge in [0.2, 0.25) is 0 Å². The molecule has 1 aromatic heterocycles. The molecule has 0 aliphatic heterocycles. The van der Waals surface area contributed by atoms with Crippen LogP contribution in [0.3, 0.4) is 0 Å². The smallest absolute Gasteiger partial charge is 0.157 e. The Hall–Kier alpha value is -1.91. The molecule has 0 unspecified atom stereocenters. The zero-order valence-corrected chi connectivity index (χ0v) is 8.94. The highest BCUT2D eigenvalue weighted by Crippen LogP contribution is 2.26. The lowest BCUT2D eigenvalue weighted by Crippen LogP contribution is -1.96. The number of nitrogens with zero attached hydrogens (tertiary/aromatic N) is 1. The second-order valence-corrected chi connectivity index (χ2v) is 3.65. The second-order valence-electron chi connectivity index (χ2n) is 3.65. The van der Waals surface area contributed by atoms with Crippen LogP contribution >= 0.6 is 0 Å². The van der Waals surface area contributed by atoms with Crippen LogP contribution < -0.4 is 5.73 Å². The van der Waals surface area contributed by atoms with E-state index in [9.17, 15) is 8.78 Å². The number of aromatic amines is 1. The number of hydrogen-bond acceptors (Lipinski definition) is 2. The Labute approximate surface area is 91.3 Å². The Balaban J connectivity index is 2.63. The van der Waals surface area contributed by atoms with Crippen molar-refractivity contribution >= 4 is 5.69 Å². The summed E-state index contributed by atoms with van der Waals surface area (Å²) in [5, 5.41) is 0. The average molecular weight is 223 g/mol. The normalized spacial score (nSPS) is 10.8. The summed E-state index contributed by atoms with van der Waals surface area (Å²) >= 11 is 0. The number of nitrogens with one attached hydrogen (secondary N) is 1. The number of nitrogens with two attached hydrogens (primary N) is 1. The fourth-order valence-electron chi connectivity index (χ4n) is 1.46. The van der Waals surface area contributed by atoms with E-state index in [2.05, 4.69) is 9.97 Å². The maximum atomic E-state index is 13.7. The lowest BCUT2D eigenvalue weighted by molar-refractivity contribution is 0.606. The molecule has 3 N–H and O–H groups in total. The van der Waals surface area contributed by atoms with Gasteiger partial charge in [-0.25, -0.2) is 13.8 Å². The molecule has 0 saturated heterocycles. The highest BCUT2D eigenvalue weighted by molar-refractivity contribution is 5.63. The molecule has 3 nitrogen and oxygen atoms in total. The van der Waals surface area contributed by atoms with Crippen LogP contribution in [0, 0.1) is 25.5 Å². The number of aromatic nitrogens is 2. The van der Waals surface area contributed by atoms with Crippen LogP contribution in [0.4, 0.5) is 14.5 Å². The zero-order chi connectivity index (χ0) is 11.9. The van der Waals surface area contributed by atoms with E-state index in [1.54, 1.807) is 6.92 Å². The molecule has 1 heterocycles. The molecule has 16 heavy (non-hydrogen) atoms. The van der Waals surface area contributed by atoms with Crippen LogP contribution in [0.5, 0.6) is 0 Å². The molecule has 0 fully saturated rings. The van der Waals surface area contributed by atoms with Crippen molar-refractivity contribution in [1.82, 2.24) is 9.97 Å². The first-order valence-electron chi connectivity index (χ1n) is 4.77. The number of aryl methyl sites for hydroxylation is 2. The van der Waals surface area contributed by atoms with E-state index in [0.717, 1.165) is 23.5 Å². The summed E-state index contributed by atoms with van der Waals surface area (Å²) in [6, 6.07) is 2.02. The summed E-state index contributed by atoms with van der Waals surface area (Å²) in [5.74, 6) is -0.950. The Morgan fingerprint density at radius 3 is 2.50 bits per heavy atom. The molecule has 1 aromatic carbocycles. The van der Waals surface area contributed by atoms with Gasteiger partial charge in [0.15, 0.2) is 5.82 Å². The van der Waals surface area contributed by atoms with E-state index in [-0.39, 0.29) is 11.3 Å². The number of hydrogen-bond donors (Lipinski definition) is 2. The van der Waals surface area contributed by atoms with Gasteiger partial charge < -0.3 is 10.7 Å². The summed E-state index contributed by atoms with van der Waals surface area (Å²) < 4.78 is 26.8. The van der Waals surface area contributed by atoms with Gasteiger partial charge in [-0.1, -0.05) is 0 Å². The Kier molecular flexibility index (Phi) is 2.38. The predicted molar refractivity (Wildman–Crippen MR) is 57.8 cm³/mol. The SMILES string of the molecule is Cc1nc(-c2cc(F)cc(N)c2F)[nH]c1C. The van der Waals surface area contributed by atoms with Crippen LogP contribution in [-0.4, -0.2) is 9.97 Å². The molecule has 0 radical (unpaired) electrons. The van der Waals surface area contributed by atoms with Crippen molar-refractivity contribution in [2.45, 2.75) is 13.8 Å². The van der Waals surface area contributed by atoms with Gasteiger partial charge in [-0.05, 0) is 26.0 Å². The first kappa shape index (κ1) is 10.6. The quantitative estimate of drug-likeness (QED) is 0.730. The molecule has 0 atom stereocenters. The summed E-state index contributed by atoms with van der Waals surface area (Å²) in [5.41, 5.74) is 6.74.